The molecule has 4 aliphatic rings. The Morgan fingerprint density at radius 2 is 0.800 bits per heavy atom. The SMILES string of the molecule is C.C.C.C.C.[CH2-]C1=C(c2cc(C)ccc2[CH2-])CCC1.[CH2-]C1=C(c2ccc(C)cc2[CH2-])CCC1.[CH2-]c1cc(C)ccc1CC1=[C-]CCC1.[CH2-]c1ccc(C)cc1CC1=[C-]CCC1.[Y].[Y].[Y].[Y]. The first kappa shape index (κ1) is 73.4. The van der Waals surface area contributed by atoms with Gasteiger partial charge in [-0.15, -0.1) is 71.5 Å². The third-order valence-corrected chi connectivity index (χ3v) is 11.4. The first-order valence-electron chi connectivity index (χ1n) is 20.8. The number of allylic oxidation sites excluding steroid dienone is 8. The van der Waals surface area contributed by atoms with Crippen LogP contribution in [0.4, 0.5) is 0 Å². The van der Waals surface area contributed by atoms with E-state index in [0.717, 1.165) is 55.2 Å². The maximum atomic E-state index is 4.12. The molecule has 0 bridgehead atoms. The van der Waals surface area contributed by atoms with Crippen LogP contribution in [0.2, 0.25) is 0 Å². The molecule has 0 aliphatic heterocycles. The molecule has 65 heavy (non-hydrogen) atoms. The molecule has 0 saturated heterocycles. The molecule has 4 radical (unpaired) electrons. The Balaban J connectivity index is -0.000000235. The first-order valence-corrected chi connectivity index (χ1v) is 20.8. The van der Waals surface area contributed by atoms with Gasteiger partial charge in [0.25, 0.3) is 0 Å². The van der Waals surface area contributed by atoms with Crippen molar-refractivity contribution in [3.05, 3.63) is 216 Å². The Hall–Kier alpha value is -0.524. The molecule has 4 heteroatoms. The van der Waals surface area contributed by atoms with E-state index in [1.807, 2.05) is 0 Å². The standard InChI is InChI=1S/4C14H16.5CH4.4Y/c1-10-7-8-14(12(3)9-10)13-6-4-5-11(13)2;1-10-7-8-12(3)14(9-10)13-6-4-5-11(13)2;1-11-7-8-14(12(2)9-11)10-13-5-3-4-6-13;1-11-7-8-12(2)14(9-11)10-13-5-3-4-6-13;;;;;;;;;/h2*7-9H,2-6H2,1H3;2*7-9H,2-5,10H2,1H3;5*1H4;;;;/q4*-2;;;;;;;;;. The minimum Gasteiger partial charge on any atom is -0.498 e. The molecule has 0 aromatic heterocycles. The second-order valence-electron chi connectivity index (χ2n) is 16.4. The van der Waals surface area contributed by atoms with Crippen molar-refractivity contribution in [2.24, 2.45) is 0 Å². The summed E-state index contributed by atoms with van der Waals surface area (Å²) in [4.78, 5) is 0. The maximum absolute atomic E-state index is 4.12. The predicted molar refractivity (Wildman–Crippen MR) is 277 cm³/mol. The molecule has 0 atom stereocenters. The summed E-state index contributed by atoms with van der Waals surface area (Å²) >= 11 is 0. The van der Waals surface area contributed by atoms with E-state index in [4.69, 9.17) is 0 Å². The number of rotatable bonds is 6. The van der Waals surface area contributed by atoms with Crippen LogP contribution in [-0.2, 0) is 144 Å². The van der Waals surface area contributed by atoms with Crippen LogP contribution >= 0.6 is 0 Å². The van der Waals surface area contributed by atoms with Crippen molar-refractivity contribution >= 4 is 11.1 Å². The molecular formula is C61H84Y4-8. The summed E-state index contributed by atoms with van der Waals surface area (Å²) in [5.74, 6) is 0. The van der Waals surface area contributed by atoms with Gasteiger partial charge in [-0.2, -0.15) is 75.9 Å². The Morgan fingerprint density at radius 1 is 0.385 bits per heavy atom. The molecule has 0 N–H and O–H groups in total. The second kappa shape index (κ2) is 37.3. The zero-order valence-electron chi connectivity index (χ0n) is 37.4. The van der Waals surface area contributed by atoms with E-state index < -0.39 is 0 Å². The van der Waals surface area contributed by atoms with Gasteiger partial charge in [0, 0.05) is 131 Å². The van der Waals surface area contributed by atoms with Crippen LogP contribution in [0.3, 0.4) is 0 Å². The zero-order valence-corrected chi connectivity index (χ0v) is 48.7. The summed E-state index contributed by atoms with van der Waals surface area (Å²) < 4.78 is 0. The average molecular weight is 1170 g/mol. The van der Waals surface area contributed by atoms with Crippen LogP contribution in [0.1, 0.15) is 181 Å². The minimum absolute atomic E-state index is 0. The molecule has 0 amide bonds. The molecule has 0 heterocycles. The summed E-state index contributed by atoms with van der Waals surface area (Å²) in [6.45, 7) is 33.0. The maximum Gasteiger partial charge on any atom is 0 e. The van der Waals surface area contributed by atoms with Crippen molar-refractivity contribution in [2.75, 3.05) is 0 Å². The van der Waals surface area contributed by atoms with Gasteiger partial charge >= 0.3 is 0 Å². The minimum atomic E-state index is 0. The van der Waals surface area contributed by atoms with Crippen LogP contribution in [0.25, 0.3) is 11.1 Å². The molecular weight excluding hydrogens is 1090 g/mol. The third kappa shape index (κ3) is 23.3. The van der Waals surface area contributed by atoms with Gasteiger partial charge in [0.2, 0.25) is 0 Å². The Labute approximate surface area is 505 Å². The Bertz CT molecular complexity index is 2110. The van der Waals surface area contributed by atoms with Crippen LogP contribution in [0, 0.1) is 81.4 Å². The van der Waals surface area contributed by atoms with Crippen molar-refractivity contribution in [3.63, 3.8) is 0 Å². The van der Waals surface area contributed by atoms with E-state index in [1.165, 1.54) is 135 Å². The van der Waals surface area contributed by atoms with Gasteiger partial charge in [-0.25, -0.2) is 58.4 Å². The van der Waals surface area contributed by atoms with Crippen LogP contribution in [0.15, 0.2) is 95.1 Å². The van der Waals surface area contributed by atoms with Crippen molar-refractivity contribution in [1.82, 2.24) is 0 Å². The van der Waals surface area contributed by atoms with Gasteiger partial charge in [0.15, 0.2) is 0 Å². The van der Waals surface area contributed by atoms with Gasteiger partial charge in [-0.05, 0) is 13.8 Å². The predicted octanol–water partition coefficient (Wildman–Crippen LogP) is 18.3. The van der Waals surface area contributed by atoms with Gasteiger partial charge in [0.1, 0.15) is 0 Å². The van der Waals surface area contributed by atoms with E-state index >= 15 is 0 Å². The second-order valence-corrected chi connectivity index (χ2v) is 16.4. The Morgan fingerprint density at radius 3 is 1.25 bits per heavy atom. The van der Waals surface area contributed by atoms with E-state index in [1.54, 1.807) is 0 Å². The van der Waals surface area contributed by atoms with Crippen molar-refractivity contribution < 1.29 is 131 Å². The van der Waals surface area contributed by atoms with E-state index in [-0.39, 0.29) is 168 Å². The molecule has 4 aromatic carbocycles. The van der Waals surface area contributed by atoms with Gasteiger partial charge < -0.3 is 12.2 Å². The summed E-state index contributed by atoms with van der Waals surface area (Å²) in [6, 6.07) is 25.9. The smallest absolute Gasteiger partial charge is 0 e. The molecule has 348 valence electrons. The normalized spacial score (nSPS) is 13.8. The fourth-order valence-corrected chi connectivity index (χ4v) is 8.17. The Kier molecular flexibility index (Phi) is 42.2. The fraction of sp³-hybridized carbons (Fsp3) is 0.377. The number of benzene rings is 4. The summed E-state index contributed by atoms with van der Waals surface area (Å²) in [5.41, 5.74) is 23.6. The summed E-state index contributed by atoms with van der Waals surface area (Å²) in [6.07, 6.45) is 23.5. The van der Waals surface area contributed by atoms with Crippen molar-refractivity contribution in [2.45, 2.75) is 155 Å². The van der Waals surface area contributed by atoms with Crippen molar-refractivity contribution in [1.29, 1.82) is 0 Å². The van der Waals surface area contributed by atoms with Gasteiger partial charge in [-0.3, -0.25) is 11.1 Å². The van der Waals surface area contributed by atoms with Gasteiger partial charge in [0.05, 0.1) is 0 Å². The molecule has 4 aliphatic carbocycles. The summed E-state index contributed by atoms with van der Waals surface area (Å²) in [7, 11) is 0. The molecule has 0 saturated carbocycles. The van der Waals surface area contributed by atoms with Crippen LogP contribution in [0.5, 0.6) is 0 Å². The molecule has 0 fully saturated rings. The average Bonchev–Trinajstić information content (AvgIpc) is 4.01. The third-order valence-electron chi connectivity index (χ3n) is 11.4. The fourth-order valence-electron chi connectivity index (χ4n) is 8.17. The monoisotopic (exact) mass is 1170 g/mol. The first-order chi connectivity index (χ1) is 26.9. The van der Waals surface area contributed by atoms with E-state index in [2.05, 4.69) is 154 Å². The largest absolute Gasteiger partial charge is 0.498 e. The molecule has 0 unspecified atom stereocenters. The number of aryl methyl sites for hydroxylation is 4. The summed E-state index contributed by atoms with van der Waals surface area (Å²) in [5, 5.41) is 0. The molecule has 4 aromatic rings. The van der Waals surface area contributed by atoms with Crippen LogP contribution < -0.4 is 0 Å². The van der Waals surface area contributed by atoms with Crippen molar-refractivity contribution in [3.8, 4) is 0 Å². The molecule has 0 spiro atoms. The number of hydrogen-bond donors (Lipinski definition) is 0. The molecule has 0 nitrogen and oxygen atoms in total. The van der Waals surface area contributed by atoms with E-state index in [0.29, 0.717) is 0 Å². The van der Waals surface area contributed by atoms with Gasteiger partial charge in [-0.1, -0.05) is 138 Å². The molecule has 8 rings (SSSR count). The quantitative estimate of drug-likeness (QED) is 0.169. The van der Waals surface area contributed by atoms with E-state index in [9.17, 15) is 0 Å². The number of hydrogen-bond acceptors (Lipinski definition) is 0. The zero-order chi connectivity index (χ0) is 40.2. The van der Waals surface area contributed by atoms with Crippen LogP contribution in [-0.4, -0.2) is 0 Å². The topological polar surface area (TPSA) is 0 Å².